The van der Waals surface area contributed by atoms with Gasteiger partial charge in [-0.05, 0) is 30.3 Å². The van der Waals surface area contributed by atoms with Gasteiger partial charge in [-0.15, -0.1) is 0 Å². The Bertz CT molecular complexity index is 806. The van der Waals surface area contributed by atoms with E-state index in [4.69, 9.17) is 9.92 Å². The average Bonchev–Trinajstić information content (AvgIpc) is 2.41. The van der Waals surface area contributed by atoms with Gasteiger partial charge in [-0.1, -0.05) is 12.1 Å². The van der Waals surface area contributed by atoms with Crippen molar-refractivity contribution < 1.29 is 26.2 Å². The monoisotopic (exact) mass is 313 g/mol. The van der Waals surface area contributed by atoms with E-state index in [1.54, 1.807) is 0 Å². The number of primary amides is 1. The van der Waals surface area contributed by atoms with E-state index in [-0.39, 0.29) is 11.3 Å². The van der Waals surface area contributed by atoms with Gasteiger partial charge in [0.05, 0.1) is 5.56 Å². The predicted molar refractivity (Wildman–Crippen MR) is 69.1 cm³/mol. The Morgan fingerprint density at radius 1 is 1.05 bits per heavy atom. The summed E-state index contributed by atoms with van der Waals surface area (Å²) in [6, 6.07) is 7.39. The largest absolute Gasteiger partial charge is 0.378 e. The zero-order valence-electron chi connectivity index (χ0n) is 10.4. The summed E-state index contributed by atoms with van der Waals surface area (Å²) >= 11 is 0. The van der Waals surface area contributed by atoms with Crippen molar-refractivity contribution in [2.75, 3.05) is 0 Å². The Kier molecular flexibility index (Phi) is 3.90. The minimum atomic E-state index is -4.42. The first kappa shape index (κ1) is 14.9. The maximum atomic E-state index is 13.1. The van der Waals surface area contributed by atoms with E-state index in [2.05, 4.69) is 0 Å². The average molecular weight is 313 g/mol. The van der Waals surface area contributed by atoms with E-state index >= 15 is 0 Å². The second-order valence-electron chi connectivity index (χ2n) is 3.97. The van der Waals surface area contributed by atoms with E-state index in [1.807, 2.05) is 0 Å². The number of amides is 1. The van der Waals surface area contributed by atoms with Crippen molar-refractivity contribution in [3.05, 3.63) is 59.7 Å². The predicted octanol–water partition coefficient (Wildman–Crippen LogP) is 1.83. The number of para-hydroxylation sites is 1. The molecule has 21 heavy (non-hydrogen) atoms. The first-order valence-corrected chi connectivity index (χ1v) is 7.00. The molecule has 2 rings (SSSR count). The second kappa shape index (κ2) is 5.49. The summed E-state index contributed by atoms with van der Waals surface area (Å²) in [4.78, 5) is 10.6. The zero-order chi connectivity index (χ0) is 15.6. The molecule has 5 nitrogen and oxygen atoms in total. The lowest BCUT2D eigenvalue weighted by Gasteiger charge is -2.09. The molecule has 0 saturated heterocycles. The highest BCUT2D eigenvalue weighted by molar-refractivity contribution is 7.87. The molecular formula is C13H9F2NO4S. The standard InChI is InChI=1S/C13H9F2NO4S/c14-10-6-5-8(7-11(10)15)21(18,19)20-12-4-2-1-3-9(12)13(16)17/h1-7H,(H2,16,17). The normalized spacial score (nSPS) is 11.1. The van der Waals surface area contributed by atoms with Crippen LogP contribution in [0.5, 0.6) is 5.75 Å². The van der Waals surface area contributed by atoms with Gasteiger partial charge in [0.1, 0.15) is 4.90 Å². The van der Waals surface area contributed by atoms with Crippen molar-refractivity contribution in [3.8, 4) is 5.75 Å². The molecule has 2 aromatic carbocycles. The molecule has 0 aliphatic rings. The quantitative estimate of drug-likeness (QED) is 0.873. The molecule has 0 bridgehead atoms. The fourth-order valence-corrected chi connectivity index (χ4v) is 2.50. The van der Waals surface area contributed by atoms with Crippen LogP contribution in [0.25, 0.3) is 0 Å². The maximum absolute atomic E-state index is 13.1. The number of carbonyl (C=O) groups excluding carboxylic acids is 1. The van der Waals surface area contributed by atoms with Gasteiger partial charge in [-0.25, -0.2) is 8.78 Å². The van der Waals surface area contributed by atoms with Crippen molar-refractivity contribution in [2.45, 2.75) is 4.90 Å². The Labute approximate surface area is 119 Å². The third-order valence-electron chi connectivity index (χ3n) is 2.53. The lowest BCUT2D eigenvalue weighted by atomic mass is 10.2. The number of benzene rings is 2. The molecule has 110 valence electrons. The van der Waals surface area contributed by atoms with Crippen molar-refractivity contribution >= 4 is 16.0 Å². The van der Waals surface area contributed by atoms with Crippen molar-refractivity contribution in [2.24, 2.45) is 5.73 Å². The van der Waals surface area contributed by atoms with Crippen LogP contribution in [0, 0.1) is 11.6 Å². The van der Waals surface area contributed by atoms with E-state index in [1.165, 1.54) is 24.3 Å². The van der Waals surface area contributed by atoms with Crippen molar-refractivity contribution in [3.63, 3.8) is 0 Å². The first-order valence-electron chi connectivity index (χ1n) is 5.59. The van der Waals surface area contributed by atoms with Crippen LogP contribution in [0.4, 0.5) is 8.78 Å². The lowest BCUT2D eigenvalue weighted by molar-refractivity contribution is 0.0999. The van der Waals surface area contributed by atoms with Gasteiger partial charge in [0, 0.05) is 0 Å². The van der Waals surface area contributed by atoms with Gasteiger partial charge in [-0.3, -0.25) is 4.79 Å². The van der Waals surface area contributed by atoms with Crippen molar-refractivity contribution in [1.29, 1.82) is 0 Å². The molecule has 0 atom stereocenters. The molecule has 0 heterocycles. The summed E-state index contributed by atoms with van der Waals surface area (Å²) in [5.74, 6) is -3.70. The Morgan fingerprint density at radius 2 is 1.71 bits per heavy atom. The third-order valence-corrected chi connectivity index (χ3v) is 3.76. The van der Waals surface area contributed by atoms with E-state index in [9.17, 15) is 22.0 Å². The molecule has 2 N–H and O–H groups in total. The van der Waals surface area contributed by atoms with Crippen LogP contribution >= 0.6 is 0 Å². The summed E-state index contributed by atoms with van der Waals surface area (Å²) in [5.41, 5.74) is 4.94. The summed E-state index contributed by atoms with van der Waals surface area (Å²) < 4.78 is 54.6. The molecule has 0 fully saturated rings. The van der Waals surface area contributed by atoms with E-state index in [0.717, 1.165) is 6.07 Å². The summed E-state index contributed by atoms with van der Waals surface area (Å²) in [6.45, 7) is 0. The Balaban J connectivity index is 2.42. The lowest BCUT2D eigenvalue weighted by Crippen LogP contribution is -2.16. The second-order valence-corrected chi connectivity index (χ2v) is 5.52. The molecule has 0 radical (unpaired) electrons. The first-order chi connectivity index (χ1) is 9.81. The fourth-order valence-electron chi connectivity index (χ4n) is 1.54. The van der Waals surface area contributed by atoms with Crippen LogP contribution in [0.1, 0.15) is 10.4 Å². The summed E-state index contributed by atoms with van der Waals surface area (Å²) in [6.07, 6.45) is 0. The SMILES string of the molecule is NC(=O)c1ccccc1OS(=O)(=O)c1ccc(F)c(F)c1. The number of carbonyl (C=O) groups is 1. The van der Waals surface area contributed by atoms with Crippen LogP contribution in [-0.4, -0.2) is 14.3 Å². The van der Waals surface area contributed by atoms with Gasteiger partial charge >= 0.3 is 10.1 Å². The van der Waals surface area contributed by atoms with E-state index in [0.29, 0.717) is 12.1 Å². The summed E-state index contributed by atoms with van der Waals surface area (Å²) in [7, 11) is -4.42. The number of nitrogens with two attached hydrogens (primary N) is 1. The summed E-state index contributed by atoms with van der Waals surface area (Å²) in [5, 5.41) is 0. The number of hydrogen-bond acceptors (Lipinski definition) is 4. The number of rotatable bonds is 4. The highest BCUT2D eigenvalue weighted by Gasteiger charge is 2.21. The molecule has 2 aromatic rings. The molecule has 0 unspecified atom stereocenters. The molecule has 0 spiro atoms. The van der Waals surface area contributed by atoms with Gasteiger partial charge in [0.15, 0.2) is 17.4 Å². The van der Waals surface area contributed by atoms with Gasteiger partial charge in [0.2, 0.25) is 0 Å². The van der Waals surface area contributed by atoms with Crippen LogP contribution < -0.4 is 9.92 Å². The topological polar surface area (TPSA) is 86.5 Å². The highest BCUT2D eigenvalue weighted by Crippen LogP contribution is 2.23. The molecule has 0 aliphatic carbocycles. The fraction of sp³-hybridized carbons (Fsp3) is 0. The molecule has 0 saturated carbocycles. The molecule has 1 amide bonds. The third kappa shape index (κ3) is 3.16. The van der Waals surface area contributed by atoms with Crippen molar-refractivity contribution in [1.82, 2.24) is 0 Å². The molecular weight excluding hydrogens is 304 g/mol. The van der Waals surface area contributed by atoms with Gasteiger partial charge < -0.3 is 9.92 Å². The van der Waals surface area contributed by atoms with E-state index < -0.39 is 32.6 Å². The molecule has 0 aliphatic heterocycles. The number of halogens is 2. The van der Waals surface area contributed by atoms with Crippen LogP contribution in [0.15, 0.2) is 47.4 Å². The van der Waals surface area contributed by atoms with Crippen LogP contribution in [0.3, 0.4) is 0 Å². The molecule has 0 aromatic heterocycles. The van der Waals surface area contributed by atoms with Gasteiger partial charge in [-0.2, -0.15) is 8.42 Å². The minimum absolute atomic E-state index is 0.149. The van der Waals surface area contributed by atoms with Crippen LogP contribution in [0.2, 0.25) is 0 Å². The minimum Gasteiger partial charge on any atom is -0.378 e. The maximum Gasteiger partial charge on any atom is 0.339 e. The Morgan fingerprint density at radius 3 is 2.33 bits per heavy atom. The molecule has 8 heteroatoms. The highest BCUT2D eigenvalue weighted by atomic mass is 32.2. The smallest absolute Gasteiger partial charge is 0.339 e. The van der Waals surface area contributed by atoms with Crippen LogP contribution in [-0.2, 0) is 10.1 Å². The van der Waals surface area contributed by atoms with Gasteiger partial charge in [0.25, 0.3) is 5.91 Å². The zero-order valence-corrected chi connectivity index (χ0v) is 11.2. The number of hydrogen-bond donors (Lipinski definition) is 1. The Hall–Kier alpha value is -2.48.